The predicted octanol–water partition coefficient (Wildman–Crippen LogP) is 4.24. The predicted molar refractivity (Wildman–Crippen MR) is 81.0 cm³/mol. The third kappa shape index (κ3) is 12.4. The zero-order valence-electron chi connectivity index (χ0n) is 13.5. The zero-order valence-corrected chi connectivity index (χ0v) is 13.5. The minimum atomic E-state index is 0.229. The average molecular weight is 257 g/mol. The Balaban J connectivity index is 3.17. The van der Waals surface area contributed by atoms with Crippen molar-refractivity contribution in [3.8, 4) is 0 Å². The van der Waals surface area contributed by atoms with Gasteiger partial charge in [0.1, 0.15) is 0 Å². The minimum Gasteiger partial charge on any atom is -0.381 e. The number of hydrogen-bond donors (Lipinski definition) is 1. The maximum absolute atomic E-state index is 5.65. The van der Waals surface area contributed by atoms with Crippen molar-refractivity contribution in [1.82, 2.24) is 5.32 Å². The highest BCUT2D eigenvalue weighted by Crippen LogP contribution is 2.16. The summed E-state index contributed by atoms with van der Waals surface area (Å²) in [7, 11) is 0. The third-order valence-corrected chi connectivity index (χ3v) is 3.46. The Morgan fingerprint density at radius 2 is 1.56 bits per heavy atom. The summed E-state index contributed by atoms with van der Waals surface area (Å²) in [5.41, 5.74) is 0.229. The Morgan fingerprint density at radius 3 is 2.11 bits per heavy atom. The van der Waals surface area contributed by atoms with E-state index < -0.39 is 0 Å². The van der Waals surface area contributed by atoms with E-state index in [4.69, 9.17) is 4.74 Å². The summed E-state index contributed by atoms with van der Waals surface area (Å²) in [5.74, 6) is 1.66. The second-order valence-corrected chi connectivity index (χ2v) is 6.86. The standard InChI is InChI=1S/C16H35NO/c1-14(2)15(3)10-7-8-12-18-13-9-11-17-16(4,5)6/h14-15,17H,7-13H2,1-6H3/t15-/m1/s1. The molecule has 0 aliphatic carbocycles. The lowest BCUT2D eigenvalue weighted by Gasteiger charge is -2.20. The molecule has 0 rings (SSSR count). The van der Waals surface area contributed by atoms with E-state index in [1.165, 1.54) is 19.3 Å². The summed E-state index contributed by atoms with van der Waals surface area (Å²) in [5, 5.41) is 3.47. The molecule has 0 amide bonds. The first-order valence-corrected chi connectivity index (χ1v) is 7.65. The van der Waals surface area contributed by atoms with E-state index in [2.05, 4.69) is 46.9 Å². The van der Waals surface area contributed by atoms with Gasteiger partial charge in [0.25, 0.3) is 0 Å². The first-order valence-electron chi connectivity index (χ1n) is 7.65. The topological polar surface area (TPSA) is 21.3 Å². The summed E-state index contributed by atoms with van der Waals surface area (Å²) >= 11 is 0. The van der Waals surface area contributed by atoms with Gasteiger partial charge >= 0.3 is 0 Å². The van der Waals surface area contributed by atoms with Crippen molar-refractivity contribution < 1.29 is 4.74 Å². The molecule has 0 heterocycles. The maximum Gasteiger partial charge on any atom is 0.0478 e. The van der Waals surface area contributed by atoms with Gasteiger partial charge in [0.05, 0.1) is 0 Å². The molecule has 1 N–H and O–H groups in total. The van der Waals surface area contributed by atoms with Crippen LogP contribution < -0.4 is 5.32 Å². The van der Waals surface area contributed by atoms with Crippen LogP contribution >= 0.6 is 0 Å². The highest BCUT2D eigenvalue weighted by molar-refractivity contribution is 4.69. The van der Waals surface area contributed by atoms with Gasteiger partial charge in [-0.05, 0) is 52.0 Å². The van der Waals surface area contributed by atoms with E-state index >= 15 is 0 Å². The molecule has 0 radical (unpaired) electrons. The van der Waals surface area contributed by atoms with Crippen LogP contribution in [-0.4, -0.2) is 25.3 Å². The van der Waals surface area contributed by atoms with Crippen LogP contribution in [0, 0.1) is 11.8 Å². The van der Waals surface area contributed by atoms with Gasteiger partial charge in [0.2, 0.25) is 0 Å². The maximum atomic E-state index is 5.65. The van der Waals surface area contributed by atoms with Gasteiger partial charge in [-0.1, -0.05) is 33.6 Å². The van der Waals surface area contributed by atoms with E-state index in [1.807, 2.05) is 0 Å². The fourth-order valence-electron chi connectivity index (χ4n) is 1.74. The zero-order chi connectivity index (χ0) is 14.0. The first kappa shape index (κ1) is 17.9. The van der Waals surface area contributed by atoms with Crippen LogP contribution in [0.5, 0.6) is 0 Å². The van der Waals surface area contributed by atoms with Crippen molar-refractivity contribution in [1.29, 1.82) is 0 Å². The van der Waals surface area contributed by atoms with Crippen molar-refractivity contribution in [3.05, 3.63) is 0 Å². The lowest BCUT2D eigenvalue weighted by Crippen LogP contribution is -2.36. The lowest BCUT2D eigenvalue weighted by atomic mass is 9.93. The molecular weight excluding hydrogens is 222 g/mol. The fourth-order valence-corrected chi connectivity index (χ4v) is 1.74. The van der Waals surface area contributed by atoms with Crippen molar-refractivity contribution in [2.75, 3.05) is 19.8 Å². The highest BCUT2D eigenvalue weighted by Gasteiger charge is 2.07. The van der Waals surface area contributed by atoms with Gasteiger partial charge in [-0.15, -0.1) is 0 Å². The monoisotopic (exact) mass is 257 g/mol. The fraction of sp³-hybridized carbons (Fsp3) is 1.00. The van der Waals surface area contributed by atoms with Crippen molar-refractivity contribution in [2.24, 2.45) is 11.8 Å². The molecule has 18 heavy (non-hydrogen) atoms. The van der Waals surface area contributed by atoms with E-state index in [0.29, 0.717) is 0 Å². The summed E-state index contributed by atoms with van der Waals surface area (Å²) in [6.07, 6.45) is 4.97. The lowest BCUT2D eigenvalue weighted by molar-refractivity contribution is 0.124. The van der Waals surface area contributed by atoms with Gasteiger partial charge in [0, 0.05) is 18.8 Å². The number of hydrogen-bond acceptors (Lipinski definition) is 2. The normalized spacial score (nSPS) is 14.2. The Labute approximate surface area is 115 Å². The van der Waals surface area contributed by atoms with Crippen LogP contribution in [0.3, 0.4) is 0 Å². The van der Waals surface area contributed by atoms with Crippen molar-refractivity contribution in [2.45, 2.75) is 72.8 Å². The van der Waals surface area contributed by atoms with Gasteiger partial charge in [0.15, 0.2) is 0 Å². The largest absolute Gasteiger partial charge is 0.381 e. The third-order valence-electron chi connectivity index (χ3n) is 3.46. The molecule has 0 fully saturated rings. The Bertz CT molecular complexity index is 184. The van der Waals surface area contributed by atoms with Crippen LogP contribution in [0.4, 0.5) is 0 Å². The number of rotatable bonds is 10. The van der Waals surface area contributed by atoms with Crippen LogP contribution in [0.2, 0.25) is 0 Å². The van der Waals surface area contributed by atoms with E-state index in [9.17, 15) is 0 Å². The molecule has 0 saturated carbocycles. The molecule has 2 nitrogen and oxygen atoms in total. The molecule has 0 bridgehead atoms. The smallest absolute Gasteiger partial charge is 0.0478 e. The molecular formula is C16H35NO. The molecule has 0 aliphatic rings. The summed E-state index contributed by atoms with van der Waals surface area (Å²) in [6.45, 7) is 16.4. The number of ether oxygens (including phenoxy) is 1. The Kier molecular flexibility index (Phi) is 9.76. The van der Waals surface area contributed by atoms with E-state index in [-0.39, 0.29) is 5.54 Å². The van der Waals surface area contributed by atoms with Gasteiger partial charge in [-0.2, -0.15) is 0 Å². The van der Waals surface area contributed by atoms with Crippen LogP contribution in [0.25, 0.3) is 0 Å². The first-order chi connectivity index (χ1) is 8.33. The Morgan fingerprint density at radius 1 is 0.944 bits per heavy atom. The quantitative estimate of drug-likeness (QED) is 0.591. The number of nitrogens with one attached hydrogen (secondary N) is 1. The molecule has 0 aliphatic heterocycles. The molecule has 2 heteroatoms. The van der Waals surface area contributed by atoms with Crippen LogP contribution in [-0.2, 0) is 4.74 Å². The van der Waals surface area contributed by atoms with Crippen LogP contribution in [0.15, 0.2) is 0 Å². The van der Waals surface area contributed by atoms with E-state index in [1.54, 1.807) is 0 Å². The van der Waals surface area contributed by atoms with Gasteiger partial charge in [-0.3, -0.25) is 0 Å². The molecule has 0 saturated heterocycles. The Hall–Kier alpha value is -0.0800. The molecule has 0 aromatic rings. The van der Waals surface area contributed by atoms with E-state index in [0.717, 1.165) is 38.0 Å². The second-order valence-electron chi connectivity index (χ2n) is 6.86. The average Bonchev–Trinajstić information content (AvgIpc) is 2.24. The van der Waals surface area contributed by atoms with Gasteiger partial charge in [-0.25, -0.2) is 0 Å². The van der Waals surface area contributed by atoms with Crippen LogP contribution in [0.1, 0.15) is 67.2 Å². The molecule has 0 aromatic carbocycles. The van der Waals surface area contributed by atoms with Crippen molar-refractivity contribution >= 4 is 0 Å². The molecule has 0 unspecified atom stereocenters. The highest BCUT2D eigenvalue weighted by atomic mass is 16.5. The van der Waals surface area contributed by atoms with Gasteiger partial charge < -0.3 is 10.1 Å². The molecule has 0 spiro atoms. The number of unbranched alkanes of at least 4 members (excludes halogenated alkanes) is 1. The molecule has 1 atom stereocenters. The second kappa shape index (κ2) is 9.80. The molecule has 0 aromatic heterocycles. The summed E-state index contributed by atoms with van der Waals surface area (Å²) in [4.78, 5) is 0. The van der Waals surface area contributed by atoms with Crippen molar-refractivity contribution in [3.63, 3.8) is 0 Å². The SMILES string of the molecule is CC(C)[C@H](C)CCCCOCCCNC(C)(C)C. The summed E-state index contributed by atoms with van der Waals surface area (Å²) < 4.78 is 5.65. The minimum absolute atomic E-state index is 0.229. The molecule has 110 valence electrons. The summed E-state index contributed by atoms with van der Waals surface area (Å²) in [6, 6.07) is 0.